The molecule has 23 heavy (non-hydrogen) atoms. The van der Waals surface area contributed by atoms with Gasteiger partial charge in [-0.3, -0.25) is 4.79 Å². The Balaban J connectivity index is 1.96. The molecule has 0 radical (unpaired) electrons. The molecule has 1 aromatic carbocycles. The number of carbonyl (C=O) groups excluding carboxylic acids is 1. The van der Waals surface area contributed by atoms with Crippen LogP contribution in [0.15, 0.2) is 29.2 Å². The first kappa shape index (κ1) is 17.9. The molecule has 0 aromatic heterocycles. The molecule has 1 heterocycles. The lowest BCUT2D eigenvalue weighted by molar-refractivity contribution is -0.122. The van der Waals surface area contributed by atoms with Crippen LogP contribution in [0.25, 0.3) is 0 Å². The Morgan fingerprint density at radius 2 is 1.87 bits per heavy atom. The van der Waals surface area contributed by atoms with Crippen LogP contribution in [0.1, 0.15) is 38.7 Å². The summed E-state index contributed by atoms with van der Waals surface area (Å²) in [5, 5.41) is 3.01. The quantitative estimate of drug-likeness (QED) is 0.896. The zero-order valence-electron chi connectivity index (χ0n) is 14.1. The highest BCUT2D eigenvalue weighted by atomic mass is 32.2. The lowest BCUT2D eigenvalue weighted by atomic mass is 10.1. The van der Waals surface area contributed by atoms with Crippen LogP contribution in [0.4, 0.5) is 0 Å². The second kappa shape index (κ2) is 7.45. The molecule has 1 fully saturated rings. The van der Waals surface area contributed by atoms with Crippen LogP contribution in [0.2, 0.25) is 0 Å². The van der Waals surface area contributed by atoms with E-state index < -0.39 is 10.0 Å². The fourth-order valence-corrected chi connectivity index (χ4v) is 4.58. The second-order valence-electron chi connectivity index (χ2n) is 6.61. The van der Waals surface area contributed by atoms with Crippen molar-refractivity contribution in [2.24, 2.45) is 5.92 Å². The monoisotopic (exact) mass is 338 g/mol. The highest BCUT2D eigenvalue weighted by molar-refractivity contribution is 7.89. The average Bonchev–Trinajstić information content (AvgIpc) is 2.47. The topological polar surface area (TPSA) is 66.5 Å². The summed E-state index contributed by atoms with van der Waals surface area (Å²) in [7, 11) is -3.44. The zero-order valence-corrected chi connectivity index (χ0v) is 14.9. The molecule has 5 nitrogen and oxygen atoms in total. The van der Waals surface area contributed by atoms with Crippen molar-refractivity contribution in [1.29, 1.82) is 0 Å². The number of nitrogens with one attached hydrogen (secondary N) is 1. The number of rotatable bonds is 5. The maximum Gasteiger partial charge on any atom is 0.243 e. The van der Waals surface area contributed by atoms with Crippen molar-refractivity contribution in [2.45, 2.75) is 51.0 Å². The van der Waals surface area contributed by atoms with E-state index in [4.69, 9.17) is 0 Å². The summed E-state index contributed by atoms with van der Waals surface area (Å²) in [4.78, 5) is 12.2. The van der Waals surface area contributed by atoms with Gasteiger partial charge in [0.05, 0.1) is 4.90 Å². The van der Waals surface area contributed by atoms with Crippen LogP contribution < -0.4 is 5.32 Å². The van der Waals surface area contributed by atoms with E-state index in [2.05, 4.69) is 5.32 Å². The molecule has 1 aromatic rings. The van der Waals surface area contributed by atoms with Gasteiger partial charge in [0.15, 0.2) is 0 Å². The third-order valence-corrected chi connectivity index (χ3v) is 6.18. The van der Waals surface area contributed by atoms with Crippen LogP contribution in [0, 0.1) is 12.8 Å². The number of hydrogen-bond acceptors (Lipinski definition) is 3. The summed E-state index contributed by atoms with van der Waals surface area (Å²) in [6, 6.07) is 7.13. The van der Waals surface area contributed by atoms with Crippen molar-refractivity contribution in [3.63, 3.8) is 0 Å². The summed E-state index contributed by atoms with van der Waals surface area (Å²) >= 11 is 0. The van der Waals surface area contributed by atoms with E-state index in [0.717, 1.165) is 5.56 Å². The van der Waals surface area contributed by atoms with Crippen LogP contribution in [0.5, 0.6) is 0 Å². The van der Waals surface area contributed by atoms with Gasteiger partial charge in [-0.05, 0) is 37.3 Å². The SMILES string of the molecule is Cc1ccccc1S(=O)(=O)N1CCC(NC(=O)CC(C)C)CC1. The Hall–Kier alpha value is -1.40. The van der Waals surface area contributed by atoms with Gasteiger partial charge in [0, 0.05) is 25.6 Å². The van der Waals surface area contributed by atoms with Crippen molar-refractivity contribution in [2.75, 3.05) is 13.1 Å². The van der Waals surface area contributed by atoms with E-state index in [-0.39, 0.29) is 11.9 Å². The van der Waals surface area contributed by atoms with Gasteiger partial charge < -0.3 is 5.32 Å². The van der Waals surface area contributed by atoms with Gasteiger partial charge in [-0.2, -0.15) is 4.31 Å². The molecule has 0 aliphatic carbocycles. The fourth-order valence-electron chi connectivity index (χ4n) is 2.88. The molecule has 6 heteroatoms. The van der Waals surface area contributed by atoms with Crippen LogP contribution in [0.3, 0.4) is 0 Å². The number of carbonyl (C=O) groups is 1. The minimum atomic E-state index is -3.44. The summed E-state index contributed by atoms with van der Waals surface area (Å²) in [5.41, 5.74) is 0.764. The van der Waals surface area contributed by atoms with Crippen LogP contribution in [-0.2, 0) is 14.8 Å². The van der Waals surface area contributed by atoms with Crippen molar-refractivity contribution < 1.29 is 13.2 Å². The maximum atomic E-state index is 12.7. The average molecular weight is 338 g/mol. The highest BCUT2D eigenvalue weighted by Crippen LogP contribution is 2.23. The fraction of sp³-hybridized carbons (Fsp3) is 0.588. The van der Waals surface area contributed by atoms with Gasteiger partial charge >= 0.3 is 0 Å². The molecule has 1 amide bonds. The van der Waals surface area contributed by atoms with E-state index >= 15 is 0 Å². The first-order chi connectivity index (χ1) is 10.8. The molecule has 128 valence electrons. The molecular weight excluding hydrogens is 312 g/mol. The molecular formula is C17H26N2O3S. The maximum absolute atomic E-state index is 12.7. The first-order valence-corrected chi connectivity index (χ1v) is 9.60. The van der Waals surface area contributed by atoms with E-state index in [1.807, 2.05) is 32.9 Å². The molecule has 0 atom stereocenters. The highest BCUT2D eigenvalue weighted by Gasteiger charge is 2.30. The van der Waals surface area contributed by atoms with Gasteiger partial charge in [-0.25, -0.2) is 8.42 Å². The first-order valence-electron chi connectivity index (χ1n) is 8.16. The summed E-state index contributed by atoms with van der Waals surface area (Å²) in [6.07, 6.45) is 1.84. The van der Waals surface area contributed by atoms with Crippen LogP contribution in [-0.4, -0.2) is 37.8 Å². The number of nitrogens with zero attached hydrogens (tertiary/aromatic N) is 1. The normalized spacial score (nSPS) is 17.4. The van der Waals surface area contributed by atoms with Gasteiger partial charge in [0.25, 0.3) is 0 Å². The Morgan fingerprint density at radius 3 is 2.43 bits per heavy atom. The Bertz CT molecular complexity index is 648. The van der Waals surface area contributed by atoms with Crippen molar-refractivity contribution >= 4 is 15.9 Å². The van der Waals surface area contributed by atoms with Gasteiger partial charge in [0.1, 0.15) is 0 Å². The predicted molar refractivity (Wildman–Crippen MR) is 90.6 cm³/mol. The van der Waals surface area contributed by atoms with E-state index in [9.17, 15) is 13.2 Å². The predicted octanol–water partition coefficient (Wildman–Crippen LogP) is 2.31. The number of benzene rings is 1. The third kappa shape index (κ3) is 4.54. The van der Waals surface area contributed by atoms with Gasteiger partial charge in [0.2, 0.25) is 15.9 Å². The van der Waals surface area contributed by atoms with Crippen LogP contribution >= 0.6 is 0 Å². The Labute approximate surface area is 139 Å². The number of hydrogen-bond donors (Lipinski definition) is 1. The number of piperidine rings is 1. The molecule has 1 saturated heterocycles. The van der Waals surface area contributed by atoms with Gasteiger partial charge in [-0.15, -0.1) is 0 Å². The molecule has 1 N–H and O–H groups in total. The minimum absolute atomic E-state index is 0.0558. The Kier molecular flexibility index (Phi) is 5.81. The molecule has 0 bridgehead atoms. The largest absolute Gasteiger partial charge is 0.353 e. The van der Waals surface area contributed by atoms with E-state index in [0.29, 0.717) is 43.2 Å². The number of aryl methyl sites for hydroxylation is 1. The summed E-state index contributed by atoms with van der Waals surface area (Å²) < 4.78 is 27.0. The Morgan fingerprint density at radius 1 is 1.26 bits per heavy atom. The summed E-state index contributed by atoms with van der Waals surface area (Å²) in [6.45, 7) is 6.73. The van der Waals surface area contributed by atoms with Gasteiger partial charge in [-0.1, -0.05) is 32.0 Å². The zero-order chi connectivity index (χ0) is 17.0. The molecule has 0 saturated carbocycles. The second-order valence-corrected chi connectivity index (χ2v) is 8.52. The smallest absolute Gasteiger partial charge is 0.243 e. The lowest BCUT2D eigenvalue weighted by Crippen LogP contribution is -2.46. The molecule has 1 aliphatic rings. The molecule has 1 aliphatic heterocycles. The lowest BCUT2D eigenvalue weighted by Gasteiger charge is -2.32. The minimum Gasteiger partial charge on any atom is -0.353 e. The molecule has 0 spiro atoms. The standard InChI is InChI=1S/C17H26N2O3S/c1-13(2)12-17(20)18-15-8-10-19(11-9-15)23(21,22)16-7-5-4-6-14(16)3/h4-7,13,15H,8-12H2,1-3H3,(H,18,20). The van der Waals surface area contributed by atoms with Crippen molar-refractivity contribution in [3.8, 4) is 0 Å². The number of sulfonamides is 1. The van der Waals surface area contributed by atoms with Crippen molar-refractivity contribution in [1.82, 2.24) is 9.62 Å². The van der Waals surface area contributed by atoms with E-state index in [1.165, 1.54) is 4.31 Å². The molecule has 0 unspecified atom stereocenters. The third-order valence-electron chi connectivity index (χ3n) is 4.12. The number of amides is 1. The summed E-state index contributed by atoms with van der Waals surface area (Å²) in [5.74, 6) is 0.386. The molecule has 2 rings (SSSR count). The van der Waals surface area contributed by atoms with E-state index in [1.54, 1.807) is 12.1 Å². The van der Waals surface area contributed by atoms with Crippen molar-refractivity contribution in [3.05, 3.63) is 29.8 Å².